The summed E-state index contributed by atoms with van der Waals surface area (Å²) in [5.41, 5.74) is 1.58. The molecule has 1 aromatic carbocycles. The number of rotatable bonds is 2. The highest BCUT2D eigenvalue weighted by molar-refractivity contribution is 8.00. The van der Waals surface area contributed by atoms with Crippen LogP contribution in [-0.4, -0.2) is 29.3 Å². The molecule has 0 N–H and O–H groups in total. The van der Waals surface area contributed by atoms with Gasteiger partial charge in [-0.2, -0.15) is 0 Å². The van der Waals surface area contributed by atoms with Crippen molar-refractivity contribution in [2.75, 3.05) is 13.1 Å². The Balaban J connectivity index is 1.43. The van der Waals surface area contributed by atoms with Crippen LogP contribution in [0.2, 0.25) is 0 Å². The number of likely N-dealkylation sites (tertiary alicyclic amines) is 1. The van der Waals surface area contributed by atoms with E-state index in [4.69, 9.17) is 0 Å². The molecule has 17 heavy (non-hydrogen) atoms. The van der Waals surface area contributed by atoms with Gasteiger partial charge in [0.25, 0.3) is 0 Å². The van der Waals surface area contributed by atoms with Crippen LogP contribution in [0.5, 0.6) is 0 Å². The number of thioether (sulfide) groups is 1. The molecule has 2 bridgehead atoms. The smallest absolute Gasteiger partial charge is 0.0263 e. The molecule has 2 heterocycles. The first-order valence-electron chi connectivity index (χ1n) is 6.87. The van der Waals surface area contributed by atoms with Gasteiger partial charge in [0.05, 0.1) is 0 Å². The third-order valence-corrected chi connectivity index (χ3v) is 5.98. The average molecular weight is 245 g/mol. The molecule has 2 fully saturated rings. The van der Waals surface area contributed by atoms with Crippen LogP contribution < -0.4 is 0 Å². The van der Waals surface area contributed by atoms with Crippen molar-refractivity contribution < 1.29 is 0 Å². The molecule has 0 spiro atoms. The minimum Gasteiger partial charge on any atom is -0.299 e. The third kappa shape index (κ3) is 1.82. The largest absolute Gasteiger partial charge is 0.299 e. The number of benzene rings is 1. The molecule has 1 saturated heterocycles. The zero-order chi connectivity index (χ0) is 11.2. The summed E-state index contributed by atoms with van der Waals surface area (Å²) in [4.78, 5) is 4.31. The summed E-state index contributed by atoms with van der Waals surface area (Å²) < 4.78 is 0. The van der Waals surface area contributed by atoms with Crippen LogP contribution >= 0.6 is 11.8 Å². The van der Waals surface area contributed by atoms with Crippen molar-refractivity contribution in [1.29, 1.82) is 0 Å². The Morgan fingerprint density at radius 3 is 2.94 bits per heavy atom. The maximum atomic E-state index is 2.78. The van der Waals surface area contributed by atoms with Gasteiger partial charge in [-0.05, 0) is 43.2 Å². The fraction of sp³-hybridized carbons (Fsp3) is 0.600. The zero-order valence-electron chi connectivity index (χ0n) is 10.1. The number of piperidine rings is 1. The average Bonchev–Trinajstić information content (AvgIpc) is 3.01. The number of hydrogen-bond acceptors (Lipinski definition) is 2. The minimum absolute atomic E-state index is 0.812. The van der Waals surface area contributed by atoms with Crippen molar-refractivity contribution >= 4 is 11.8 Å². The quantitative estimate of drug-likeness (QED) is 0.787. The van der Waals surface area contributed by atoms with E-state index >= 15 is 0 Å². The third-order valence-electron chi connectivity index (χ3n) is 4.67. The van der Waals surface area contributed by atoms with Crippen molar-refractivity contribution in [3.05, 3.63) is 29.8 Å². The molecule has 3 atom stereocenters. The predicted molar refractivity (Wildman–Crippen MR) is 72.5 cm³/mol. The Kier molecular flexibility index (Phi) is 2.48. The van der Waals surface area contributed by atoms with E-state index < -0.39 is 0 Å². The van der Waals surface area contributed by atoms with Crippen LogP contribution in [0.15, 0.2) is 29.2 Å². The van der Waals surface area contributed by atoms with Crippen LogP contribution in [0.3, 0.4) is 0 Å². The van der Waals surface area contributed by atoms with Crippen LogP contribution in [0.1, 0.15) is 24.8 Å². The van der Waals surface area contributed by atoms with Gasteiger partial charge in [0, 0.05) is 29.3 Å². The molecule has 0 radical (unpaired) electrons. The maximum absolute atomic E-state index is 2.78. The topological polar surface area (TPSA) is 3.24 Å². The number of fused-ring (bicyclic) bond motifs is 3. The molecule has 3 aliphatic rings. The lowest BCUT2D eigenvalue weighted by Gasteiger charge is -2.28. The highest BCUT2D eigenvalue weighted by Crippen LogP contribution is 2.41. The van der Waals surface area contributed by atoms with Crippen LogP contribution in [0.4, 0.5) is 0 Å². The van der Waals surface area contributed by atoms with Gasteiger partial charge in [0.15, 0.2) is 0 Å². The van der Waals surface area contributed by atoms with Gasteiger partial charge in [0.1, 0.15) is 0 Å². The SMILES string of the molecule is c1ccc2c(c1)CC(CN1CC3CCC1C3)S2. The first kappa shape index (κ1) is 10.5. The Hall–Kier alpha value is -0.470. The molecule has 1 nitrogen and oxygen atoms in total. The fourth-order valence-corrected chi connectivity index (χ4v) is 5.22. The van der Waals surface area contributed by atoms with E-state index in [2.05, 4.69) is 40.9 Å². The van der Waals surface area contributed by atoms with E-state index in [0.29, 0.717) is 0 Å². The van der Waals surface area contributed by atoms with Crippen molar-refractivity contribution in [3.63, 3.8) is 0 Å². The summed E-state index contributed by atoms with van der Waals surface area (Å²) in [6, 6.07) is 9.88. The van der Waals surface area contributed by atoms with Gasteiger partial charge in [-0.1, -0.05) is 18.2 Å². The second kappa shape index (κ2) is 4.03. The Labute approximate surface area is 108 Å². The molecule has 2 aliphatic heterocycles. The van der Waals surface area contributed by atoms with Crippen molar-refractivity contribution in [2.45, 2.75) is 41.9 Å². The first-order chi connectivity index (χ1) is 8.38. The minimum atomic E-state index is 0.812. The zero-order valence-corrected chi connectivity index (χ0v) is 11.0. The summed E-state index contributed by atoms with van der Waals surface area (Å²) in [5, 5.41) is 0.812. The lowest BCUT2D eigenvalue weighted by atomic mass is 10.1. The molecule has 2 heteroatoms. The van der Waals surface area contributed by atoms with Gasteiger partial charge in [-0.15, -0.1) is 11.8 Å². The maximum Gasteiger partial charge on any atom is 0.0263 e. The molecular weight excluding hydrogens is 226 g/mol. The fourth-order valence-electron chi connectivity index (χ4n) is 3.87. The summed E-state index contributed by atoms with van der Waals surface area (Å²) >= 11 is 2.11. The molecule has 1 saturated carbocycles. The Bertz CT molecular complexity index is 406. The highest BCUT2D eigenvalue weighted by atomic mass is 32.2. The van der Waals surface area contributed by atoms with Crippen molar-refractivity contribution in [1.82, 2.24) is 4.90 Å². The van der Waals surface area contributed by atoms with E-state index in [1.165, 1.54) is 43.7 Å². The van der Waals surface area contributed by atoms with Gasteiger partial charge < -0.3 is 0 Å². The van der Waals surface area contributed by atoms with E-state index in [-0.39, 0.29) is 0 Å². The van der Waals surface area contributed by atoms with Gasteiger partial charge >= 0.3 is 0 Å². The summed E-state index contributed by atoms with van der Waals surface area (Å²) in [6.45, 7) is 2.71. The van der Waals surface area contributed by atoms with E-state index in [1.54, 1.807) is 5.56 Å². The Morgan fingerprint density at radius 1 is 1.24 bits per heavy atom. The van der Waals surface area contributed by atoms with E-state index in [0.717, 1.165) is 17.2 Å². The number of nitrogens with zero attached hydrogens (tertiary/aromatic N) is 1. The summed E-state index contributed by atoms with van der Waals surface area (Å²) in [6.07, 6.45) is 5.74. The predicted octanol–water partition coefficient (Wildman–Crippen LogP) is 3.19. The van der Waals surface area contributed by atoms with Gasteiger partial charge in [-0.25, -0.2) is 0 Å². The van der Waals surface area contributed by atoms with Crippen molar-refractivity contribution in [2.24, 2.45) is 5.92 Å². The standard InChI is InChI=1S/C15H19NS/c1-2-4-15-12(3-1)8-14(17-15)10-16-9-11-5-6-13(16)7-11/h1-4,11,13-14H,5-10H2. The van der Waals surface area contributed by atoms with Crippen LogP contribution in [-0.2, 0) is 6.42 Å². The second-order valence-electron chi connectivity index (χ2n) is 5.84. The Morgan fingerprint density at radius 2 is 2.18 bits per heavy atom. The molecule has 3 unspecified atom stereocenters. The molecule has 1 aliphatic carbocycles. The highest BCUT2D eigenvalue weighted by Gasteiger charge is 2.39. The molecule has 0 amide bonds. The lowest BCUT2D eigenvalue weighted by Crippen LogP contribution is -2.37. The lowest BCUT2D eigenvalue weighted by molar-refractivity contribution is 0.214. The number of hydrogen-bond donors (Lipinski definition) is 0. The van der Waals surface area contributed by atoms with E-state index in [9.17, 15) is 0 Å². The molecule has 4 rings (SSSR count). The molecular formula is C15H19NS. The van der Waals surface area contributed by atoms with Crippen LogP contribution in [0.25, 0.3) is 0 Å². The second-order valence-corrected chi connectivity index (χ2v) is 7.18. The monoisotopic (exact) mass is 245 g/mol. The van der Waals surface area contributed by atoms with Crippen molar-refractivity contribution in [3.8, 4) is 0 Å². The molecule has 90 valence electrons. The van der Waals surface area contributed by atoms with Gasteiger partial charge in [0.2, 0.25) is 0 Å². The van der Waals surface area contributed by atoms with E-state index in [1.807, 2.05) is 0 Å². The first-order valence-corrected chi connectivity index (χ1v) is 7.75. The molecule has 1 aromatic rings. The summed E-state index contributed by atoms with van der Waals surface area (Å²) in [5.74, 6) is 1.04. The summed E-state index contributed by atoms with van der Waals surface area (Å²) in [7, 11) is 0. The normalized spacial score (nSPS) is 35.4. The molecule has 0 aromatic heterocycles. The van der Waals surface area contributed by atoms with Gasteiger partial charge in [-0.3, -0.25) is 4.90 Å². The van der Waals surface area contributed by atoms with Crippen LogP contribution in [0, 0.1) is 5.92 Å².